The van der Waals surface area contributed by atoms with E-state index in [9.17, 15) is 9.59 Å². The van der Waals surface area contributed by atoms with Gasteiger partial charge in [0.25, 0.3) is 5.91 Å². The average Bonchev–Trinajstić information content (AvgIpc) is 2.74. The van der Waals surface area contributed by atoms with Crippen molar-refractivity contribution in [3.8, 4) is 5.75 Å². The van der Waals surface area contributed by atoms with Crippen molar-refractivity contribution in [2.75, 3.05) is 6.61 Å². The van der Waals surface area contributed by atoms with Crippen molar-refractivity contribution >= 4 is 35.0 Å². The van der Waals surface area contributed by atoms with Crippen LogP contribution in [0.1, 0.15) is 44.7 Å². The summed E-state index contributed by atoms with van der Waals surface area (Å²) in [5, 5.41) is 3.82. The summed E-state index contributed by atoms with van der Waals surface area (Å²) in [7, 11) is 0. The Bertz CT molecular complexity index is 904. The topological polar surface area (TPSA) is 58.6 Å². The number of nitrogens with zero attached hydrogens (tertiary/aromatic N) is 1. The molecule has 2 atom stereocenters. The first-order chi connectivity index (χ1) is 14.7. The van der Waals surface area contributed by atoms with Crippen LogP contribution >= 0.6 is 23.2 Å². The molecule has 0 unspecified atom stereocenters. The molecule has 2 aromatic rings. The van der Waals surface area contributed by atoms with Gasteiger partial charge in [-0.2, -0.15) is 0 Å². The van der Waals surface area contributed by atoms with Crippen molar-refractivity contribution in [3.05, 3.63) is 63.6 Å². The van der Waals surface area contributed by atoms with Crippen LogP contribution in [0, 0.1) is 6.92 Å². The summed E-state index contributed by atoms with van der Waals surface area (Å²) < 4.78 is 5.72. The molecule has 0 aliphatic rings. The number of benzene rings is 2. The Morgan fingerprint density at radius 2 is 1.81 bits per heavy atom. The van der Waals surface area contributed by atoms with Gasteiger partial charge in [0.05, 0.1) is 10.0 Å². The SMILES string of the molecule is CC[C@H](C)NC(=O)[C@H](CC)N(Cc1ccc(Cl)c(Cl)c1)C(=O)COc1cccc(C)c1. The van der Waals surface area contributed by atoms with Gasteiger partial charge in [-0.3, -0.25) is 9.59 Å². The second kappa shape index (κ2) is 12.0. The zero-order valence-corrected chi connectivity index (χ0v) is 20.0. The monoisotopic (exact) mass is 464 g/mol. The van der Waals surface area contributed by atoms with Crippen molar-refractivity contribution < 1.29 is 14.3 Å². The molecule has 0 heterocycles. The third-order valence-electron chi connectivity index (χ3n) is 5.08. The van der Waals surface area contributed by atoms with E-state index in [-0.39, 0.29) is 31.0 Å². The highest BCUT2D eigenvalue weighted by atomic mass is 35.5. The molecule has 0 spiro atoms. The first kappa shape index (κ1) is 25.0. The molecule has 7 heteroatoms. The molecule has 0 saturated heterocycles. The molecule has 0 radical (unpaired) electrons. The van der Waals surface area contributed by atoms with Crippen LogP contribution in [0.4, 0.5) is 0 Å². The second-order valence-electron chi connectivity index (χ2n) is 7.62. The van der Waals surface area contributed by atoms with Gasteiger partial charge >= 0.3 is 0 Å². The highest BCUT2D eigenvalue weighted by Gasteiger charge is 2.29. The van der Waals surface area contributed by atoms with Gasteiger partial charge in [-0.1, -0.05) is 55.2 Å². The number of carbonyl (C=O) groups excluding carboxylic acids is 2. The molecule has 168 valence electrons. The van der Waals surface area contributed by atoms with Crippen LogP contribution in [-0.2, 0) is 16.1 Å². The van der Waals surface area contributed by atoms with Crippen molar-refractivity contribution in [2.45, 2.75) is 59.2 Å². The summed E-state index contributed by atoms with van der Waals surface area (Å²) in [4.78, 5) is 27.7. The predicted octanol–water partition coefficient (Wildman–Crippen LogP) is 5.40. The van der Waals surface area contributed by atoms with E-state index in [1.54, 1.807) is 29.2 Å². The summed E-state index contributed by atoms with van der Waals surface area (Å²) in [6, 6.07) is 12.1. The lowest BCUT2D eigenvalue weighted by atomic mass is 10.1. The number of amides is 2. The largest absolute Gasteiger partial charge is 0.484 e. The molecule has 0 aromatic heterocycles. The molecule has 2 rings (SSSR count). The quantitative estimate of drug-likeness (QED) is 0.511. The van der Waals surface area contributed by atoms with Crippen LogP contribution in [0.3, 0.4) is 0 Å². The first-order valence-corrected chi connectivity index (χ1v) is 11.2. The maximum Gasteiger partial charge on any atom is 0.261 e. The minimum Gasteiger partial charge on any atom is -0.484 e. The van der Waals surface area contributed by atoms with Gasteiger partial charge in [-0.25, -0.2) is 0 Å². The molecule has 0 saturated carbocycles. The van der Waals surface area contributed by atoms with Gasteiger partial charge in [-0.05, 0) is 62.1 Å². The van der Waals surface area contributed by atoms with E-state index in [0.29, 0.717) is 22.2 Å². The normalized spacial score (nSPS) is 12.7. The summed E-state index contributed by atoms with van der Waals surface area (Å²) in [5.74, 6) is 0.152. The lowest BCUT2D eigenvalue weighted by Gasteiger charge is -2.31. The number of carbonyl (C=O) groups is 2. The Labute approximate surface area is 194 Å². The van der Waals surface area contributed by atoms with E-state index >= 15 is 0 Å². The number of halogens is 2. The van der Waals surface area contributed by atoms with E-state index < -0.39 is 6.04 Å². The fraction of sp³-hybridized carbons (Fsp3) is 0.417. The number of rotatable bonds is 10. The van der Waals surface area contributed by atoms with Gasteiger partial charge in [0, 0.05) is 12.6 Å². The lowest BCUT2D eigenvalue weighted by Crippen LogP contribution is -2.51. The molecule has 1 N–H and O–H groups in total. The Hall–Kier alpha value is -2.24. The van der Waals surface area contributed by atoms with E-state index in [1.165, 1.54) is 0 Å². The Kier molecular flexibility index (Phi) is 9.66. The Balaban J connectivity index is 2.24. The molecule has 0 aliphatic heterocycles. The lowest BCUT2D eigenvalue weighted by molar-refractivity contribution is -0.143. The molecule has 0 aliphatic carbocycles. The van der Waals surface area contributed by atoms with Crippen molar-refractivity contribution in [1.82, 2.24) is 10.2 Å². The Morgan fingerprint density at radius 3 is 2.42 bits per heavy atom. The van der Waals surface area contributed by atoms with E-state index in [2.05, 4.69) is 5.32 Å². The molecule has 5 nitrogen and oxygen atoms in total. The van der Waals surface area contributed by atoms with Crippen LogP contribution in [0.15, 0.2) is 42.5 Å². The molecule has 2 amide bonds. The maximum absolute atomic E-state index is 13.2. The van der Waals surface area contributed by atoms with Crippen LogP contribution < -0.4 is 10.1 Å². The molecular formula is C24H30Cl2N2O3. The third-order valence-corrected chi connectivity index (χ3v) is 5.81. The highest BCUT2D eigenvalue weighted by Crippen LogP contribution is 2.24. The van der Waals surface area contributed by atoms with Gasteiger partial charge in [0.15, 0.2) is 6.61 Å². The van der Waals surface area contributed by atoms with Crippen molar-refractivity contribution in [2.24, 2.45) is 0 Å². The summed E-state index contributed by atoms with van der Waals surface area (Å²) >= 11 is 12.2. The van der Waals surface area contributed by atoms with E-state index in [4.69, 9.17) is 27.9 Å². The van der Waals surface area contributed by atoms with Crippen LogP contribution in [0.2, 0.25) is 10.0 Å². The summed E-state index contributed by atoms with van der Waals surface area (Å²) in [6.45, 7) is 7.84. The van der Waals surface area contributed by atoms with Crippen molar-refractivity contribution in [3.63, 3.8) is 0 Å². The minimum absolute atomic E-state index is 0.0204. The minimum atomic E-state index is -0.628. The van der Waals surface area contributed by atoms with E-state index in [1.807, 2.05) is 45.9 Å². The first-order valence-electron chi connectivity index (χ1n) is 10.5. The molecule has 0 bridgehead atoms. The smallest absolute Gasteiger partial charge is 0.261 e. The van der Waals surface area contributed by atoms with Gasteiger partial charge in [0.2, 0.25) is 5.91 Å². The molecule has 0 fully saturated rings. The number of nitrogens with one attached hydrogen (secondary N) is 1. The van der Waals surface area contributed by atoms with E-state index in [0.717, 1.165) is 17.5 Å². The van der Waals surface area contributed by atoms with Crippen LogP contribution in [0.25, 0.3) is 0 Å². The highest BCUT2D eigenvalue weighted by molar-refractivity contribution is 6.42. The average molecular weight is 465 g/mol. The Morgan fingerprint density at radius 1 is 1.06 bits per heavy atom. The maximum atomic E-state index is 13.2. The van der Waals surface area contributed by atoms with Crippen LogP contribution in [-0.4, -0.2) is 35.4 Å². The zero-order valence-electron chi connectivity index (χ0n) is 18.5. The fourth-order valence-electron chi connectivity index (χ4n) is 3.13. The number of ether oxygens (including phenoxy) is 1. The molecule has 31 heavy (non-hydrogen) atoms. The predicted molar refractivity (Wildman–Crippen MR) is 126 cm³/mol. The van der Waals surface area contributed by atoms with Crippen LogP contribution in [0.5, 0.6) is 5.75 Å². The molecular weight excluding hydrogens is 435 g/mol. The van der Waals surface area contributed by atoms with Gasteiger partial charge in [-0.15, -0.1) is 0 Å². The van der Waals surface area contributed by atoms with Crippen molar-refractivity contribution in [1.29, 1.82) is 0 Å². The second-order valence-corrected chi connectivity index (χ2v) is 8.43. The third kappa shape index (κ3) is 7.44. The summed E-state index contributed by atoms with van der Waals surface area (Å²) in [6.07, 6.45) is 1.28. The van der Waals surface area contributed by atoms with Gasteiger partial charge < -0.3 is 15.0 Å². The van der Waals surface area contributed by atoms with Gasteiger partial charge in [0.1, 0.15) is 11.8 Å². The number of aryl methyl sites for hydroxylation is 1. The zero-order chi connectivity index (χ0) is 23.0. The fourth-order valence-corrected chi connectivity index (χ4v) is 3.45. The number of hydrogen-bond acceptors (Lipinski definition) is 3. The standard InChI is InChI=1S/C24H30Cl2N2O3/c1-5-17(4)27-24(30)22(6-2)28(14-18-10-11-20(25)21(26)13-18)23(29)15-31-19-9-7-8-16(3)12-19/h7-13,17,22H,5-6,14-15H2,1-4H3,(H,27,30)/t17-,22-/m0/s1. The number of hydrogen-bond donors (Lipinski definition) is 1. The molecule has 2 aromatic carbocycles. The summed E-state index contributed by atoms with van der Waals surface area (Å²) in [5.41, 5.74) is 1.82.